The highest BCUT2D eigenvalue weighted by Gasteiger charge is 2.26. The van der Waals surface area contributed by atoms with E-state index in [1.54, 1.807) is 0 Å². The summed E-state index contributed by atoms with van der Waals surface area (Å²) in [5, 5.41) is 2.37. The van der Waals surface area contributed by atoms with Crippen molar-refractivity contribution in [3.05, 3.63) is 181 Å². The molecule has 0 unspecified atom stereocenters. The molecule has 0 bridgehead atoms. The van der Waals surface area contributed by atoms with Gasteiger partial charge in [-0.2, -0.15) is 9.97 Å². The van der Waals surface area contributed by atoms with Crippen LogP contribution in [0, 0.1) is 0 Å². The van der Waals surface area contributed by atoms with Gasteiger partial charge in [-0.25, -0.2) is 4.98 Å². The van der Waals surface area contributed by atoms with E-state index >= 15 is 0 Å². The Morgan fingerprint density at radius 2 is 1.00 bits per heavy atom. The minimum atomic E-state index is 0.607. The molecule has 2 heterocycles. The molecule has 0 saturated heterocycles. The van der Waals surface area contributed by atoms with Crippen molar-refractivity contribution in [1.82, 2.24) is 19.5 Å². The minimum absolute atomic E-state index is 0.607. The van der Waals surface area contributed by atoms with E-state index in [-0.39, 0.29) is 0 Å². The van der Waals surface area contributed by atoms with Gasteiger partial charge in [0.2, 0.25) is 5.95 Å². The zero-order valence-electron chi connectivity index (χ0n) is 27.2. The Bertz CT molecular complexity index is 2710. The second kappa shape index (κ2) is 11.5. The first-order valence-corrected chi connectivity index (χ1v) is 17.0. The van der Waals surface area contributed by atoms with Gasteiger partial charge in [0, 0.05) is 28.3 Å². The van der Waals surface area contributed by atoms with Crippen molar-refractivity contribution in [2.75, 3.05) is 0 Å². The van der Waals surface area contributed by atoms with E-state index in [1.807, 2.05) is 24.3 Å². The molecule has 1 aliphatic carbocycles. The monoisotopic (exact) mass is 638 g/mol. The van der Waals surface area contributed by atoms with Crippen LogP contribution >= 0.6 is 0 Å². The summed E-state index contributed by atoms with van der Waals surface area (Å²) in [6.45, 7) is 0. The summed E-state index contributed by atoms with van der Waals surface area (Å²) < 4.78 is 2.28. The molecule has 9 aromatic rings. The van der Waals surface area contributed by atoms with Crippen LogP contribution in [0.5, 0.6) is 0 Å². The van der Waals surface area contributed by atoms with Crippen molar-refractivity contribution < 1.29 is 0 Å². The minimum Gasteiger partial charge on any atom is -0.277 e. The molecule has 0 atom stereocenters. The molecule has 7 aromatic carbocycles. The summed E-state index contributed by atoms with van der Waals surface area (Å²) in [6, 6.07) is 59.8. The van der Waals surface area contributed by atoms with Gasteiger partial charge in [0.25, 0.3) is 0 Å². The highest BCUT2D eigenvalue weighted by atomic mass is 15.2. The van der Waals surface area contributed by atoms with Crippen molar-refractivity contribution in [1.29, 1.82) is 0 Å². The van der Waals surface area contributed by atoms with E-state index in [0.717, 1.165) is 39.7 Å². The molecule has 0 aliphatic heterocycles. The van der Waals surface area contributed by atoms with Gasteiger partial charge in [0.1, 0.15) is 0 Å². The number of fused-ring (bicyclic) bond motifs is 7. The first-order valence-electron chi connectivity index (χ1n) is 17.0. The van der Waals surface area contributed by atoms with Gasteiger partial charge in [0.15, 0.2) is 11.6 Å². The zero-order valence-corrected chi connectivity index (χ0v) is 27.2. The van der Waals surface area contributed by atoms with Crippen molar-refractivity contribution in [3.63, 3.8) is 0 Å². The van der Waals surface area contributed by atoms with Crippen molar-refractivity contribution in [2.24, 2.45) is 0 Å². The number of nitrogens with zero attached hydrogens (tertiary/aromatic N) is 4. The van der Waals surface area contributed by atoms with Crippen LogP contribution in [-0.2, 0) is 6.42 Å². The molecule has 2 aromatic heterocycles. The standard InChI is InChI=1S/C46H30N4/c1-4-13-30(14-5-1)33-20-12-21-36(27-33)45-47-44(32-17-8-3-9-18-32)48-46(49-45)50-42-26-23-34(31-15-6-2-7-16-31)28-40(42)39-25-24-38-37-22-11-10-19-35(37)29-41(38)43(39)50/h1-28H,29H2. The average Bonchev–Trinajstić information content (AvgIpc) is 3.74. The lowest BCUT2D eigenvalue weighted by molar-refractivity contribution is 0.950. The molecule has 0 amide bonds. The van der Waals surface area contributed by atoms with Gasteiger partial charge in [-0.05, 0) is 62.7 Å². The summed E-state index contributed by atoms with van der Waals surface area (Å²) in [6.07, 6.45) is 0.854. The summed E-state index contributed by atoms with van der Waals surface area (Å²) in [4.78, 5) is 15.7. The Morgan fingerprint density at radius 3 is 1.74 bits per heavy atom. The Balaban J connectivity index is 1.26. The number of hydrogen-bond acceptors (Lipinski definition) is 3. The molecule has 1 aliphatic rings. The quantitative estimate of drug-likeness (QED) is 0.188. The molecule has 0 saturated carbocycles. The maximum Gasteiger partial charge on any atom is 0.238 e. The lowest BCUT2D eigenvalue weighted by atomic mass is 10.0. The van der Waals surface area contributed by atoms with Gasteiger partial charge >= 0.3 is 0 Å². The van der Waals surface area contributed by atoms with Gasteiger partial charge in [-0.1, -0.05) is 152 Å². The highest BCUT2D eigenvalue weighted by molar-refractivity contribution is 6.13. The topological polar surface area (TPSA) is 43.6 Å². The molecule has 4 heteroatoms. The third-order valence-corrected chi connectivity index (χ3v) is 9.90. The van der Waals surface area contributed by atoms with E-state index in [2.05, 4.69) is 150 Å². The predicted molar refractivity (Wildman–Crippen MR) is 204 cm³/mol. The number of aromatic nitrogens is 4. The molecular weight excluding hydrogens is 609 g/mol. The van der Waals surface area contributed by atoms with E-state index in [0.29, 0.717) is 17.6 Å². The smallest absolute Gasteiger partial charge is 0.238 e. The van der Waals surface area contributed by atoms with Crippen LogP contribution in [0.2, 0.25) is 0 Å². The van der Waals surface area contributed by atoms with Crippen molar-refractivity contribution in [3.8, 4) is 62.1 Å². The lowest BCUT2D eigenvalue weighted by Crippen LogP contribution is -2.07. The largest absolute Gasteiger partial charge is 0.277 e. The molecule has 0 spiro atoms. The van der Waals surface area contributed by atoms with Crippen LogP contribution in [0.3, 0.4) is 0 Å². The molecule has 50 heavy (non-hydrogen) atoms. The maximum absolute atomic E-state index is 5.30. The Morgan fingerprint density at radius 1 is 0.400 bits per heavy atom. The lowest BCUT2D eigenvalue weighted by Gasteiger charge is -2.13. The number of rotatable bonds is 5. The molecule has 234 valence electrons. The fourth-order valence-corrected chi connectivity index (χ4v) is 7.53. The van der Waals surface area contributed by atoms with E-state index in [9.17, 15) is 0 Å². The second-order valence-electron chi connectivity index (χ2n) is 12.9. The van der Waals surface area contributed by atoms with Crippen molar-refractivity contribution in [2.45, 2.75) is 6.42 Å². The molecular formula is C46H30N4. The summed E-state index contributed by atoms with van der Waals surface area (Å²) >= 11 is 0. The van der Waals surface area contributed by atoms with E-state index < -0.39 is 0 Å². The number of benzene rings is 7. The van der Waals surface area contributed by atoms with Crippen LogP contribution < -0.4 is 0 Å². The fraction of sp³-hybridized carbons (Fsp3) is 0.0217. The molecule has 10 rings (SSSR count). The third kappa shape index (κ3) is 4.65. The maximum atomic E-state index is 5.30. The average molecular weight is 639 g/mol. The SMILES string of the molecule is c1ccc(-c2cccc(-c3nc(-c4ccccc4)nc(-n4c5ccc(-c6ccccc6)cc5c5ccc6c(c54)Cc4ccccc4-6)n3)c2)cc1. The summed E-state index contributed by atoms with van der Waals surface area (Å²) in [5.74, 6) is 1.89. The van der Waals surface area contributed by atoms with Crippen LogP contribution in [0.15, 0.2) is 170 Å². The van der Waals surface area contributed by atoms with Crippen LogP contribution in [0.1, 0.15) is 11.1 Å². The van der Waals surface area contributed by atoms with E-state index in [1.165, 1.54) is 44.2 Å². The molecule has 0 N–H and O–H groups in total. The highest BCUT2D eigenvalue weighted by Crippen LogP contribution is 2.44. The van der Waals surface area contributed by atoms with Gasteiger partial charge < -0.3 is 0 Å². The predicted octanol–water partition coefficient (Wildman–Crippen LogP) is 11.2. The van der Waals surface area contributed by atoms with Crippen LogP contribution in [-0.4, -0.2) is 19.5 Å². The Labute approximate surface area is 290 Å². The number of hydrogen-bond donors (Lipinski definition) is 0. The van der Waals surface area contributed by atoms with Crippen LogP contribution in [0.4, 0.5) is 0 Å². The first-order chi connectivity index (χ1) is 24.8. The third-order valence-electron chi connectivity index (χ3n) is 9.90. The van der Waals surface area contributed by atoms with Gasteiger partial charge in [0.05, 0.1) is 11.0 Å². The van der Waals surface area contributed by atoms with E-state index in [4.69, 9.17) is 15.0 Å². The fourth-order valence-electron chi connectivity index (χ4n) is 7.53. The molecule has 0 fully saturated rings. The molecule has 4 nitrogen and oxygen atoms in total. The zero-order chi connectivity index (χ0) is 33.0. The first kappa shape index (κ1) is 28.4. The summed E-state index contributed by atoms with van der Waals surface area (Å²) in [7, 11) is 0. The van der Waals surface area contributed by atoms with Crippen LogP contribution in [0.25, 0.3) is 83.9 Å². The Kier molecular flexibility index (Phi) is 6.53. The van der Waals surface area contributed by atoms with Gasteiger partial charge in [-0.3, -0.25) is 4.57 Å². The summed E-state index contributed by atoms with van der Waals surface area (Å²) in [5.41, 5.74) is 14.0. The van der Waals surface area contributed by atoms with Gasteiger partial charge in [-0.15, -0.1) is 0 Å². The molecule has 0 radical (unpaired) electrons. The van der Waals surface area contributed by atoms with Crippen molar-refractivity contribution >= 4 is 21.8 Å². The Hall–Kier alpha value is -6.65. The normalized spacial score (nSPS) is 11.9. The second-order valence-corrected chi connectivity index (χ2v) is 12.9.